The van der Waals surface area contributed by atoms with Gasteiger partial charge in [0, 0.05) is 22.3 Å². The van der Waals surface area contributed by atoms with Crippen LogP contribution >= 0.6 is 0 Å². The van der Waals surface area contributed by atoms with Crippen LogP contribution in [0.25, 0.3) is 16.9 Å². The quantitative estimate of drug-likeness (QED) is 0.0712. The molecule has 3 heteroatoms. The number of benzene rings is 2. The number of unbranched alkanes of at least 4 members (excludes halogenated alkanes) is 7. The zero-order chi connectivity index (χ0) is 31.9. The van der Waals surface area contributed by atoms with Crippen LogP contribution in [0.5, 0.6) is 0 Å². The fourth-order valence-electron chi connectivity index (χ4n) is 5.14. The summed E-state index contributed by atoms with van der Waals surface area (Å²) in [6.45, 7) is 23.3. The van der Waals surface area contributed by atoms with Crippen molar-refractivity contribution in [1.82, 2.24) is 0 Å². The Bertz CT molecular complexity index is 1140. The Labute approximate surface area is 282 Å². The normalized spacial score (nSPS) is 12.2. The molecule has 0 saturated heterocycles. The first-order valence-corrected chi connectivity index (χ1v) is 17.1. The molecule has 1 aliphatic rings. The maximum absolute atomic E-state index is 11.5. The van der Waals surface area contributed by atoms with E-state index in [1.165, 1.54) is 65.5 Å². The zero-order valence-electron chi connectivity index (χ0n) is 28.7. The Morgan fingerprint density at radius 2 is 1.07 bits per heavy atom. The van der Waals surface area contributed by atoms with E-state index in [1.54, 1.807) is 12.2 Å². The van der Waals surface area contributed by atoms with E-state index in [1.807, 2.05) is 0 Å². The van der Waals surface area contributed by atoms with Gasteiger partial charge in [-0.1, -0.05) is 122 Å². The fraction of sp³-hybridized carbons (Fsp3) is 0.512. The molecule has 1 heterocycles. The molecule has 0 radical (unpaired) electrons. The van der Waals surface area contributed by atoms with Crippen LogP contribution in [0.3, 0.4) is 0 Å². The topological polar surface area (TPSA) is 25.3 Å². The van der Waals surface area contributed by atoms with Crippen molar-refractivity contribution < 1.29 is 21.2 Å². The fourth-order valence-corrected chi connectivity index (χ4v) is 5.14. The maximum Gasteiger partial charge on any atom is 2.00 e. The molecular formula is C41H60N2Ni. The number of aryl methyl sites for hydroxylation is 2. The van der Waals surface area contributed by atoms with Gasteiger partial charge in [-0.25, -0.2) is 4.70 Å². The third-order valence-electron chi connectivity index (χ3n) is 7.71. The summed E-state index contributed by atoms with van der Waals surface area (Å²) in [4.78, 5) is 0. The van der Waals surface area contributed by atoms with Crippen molar-refractivity contribution >= 4 is 11.4 Å². The Morgan fingerprint density at radius 3 is 1.48 bits per heavy atom. The summed E-state index contributed by atoms with van der Waals surface area (Å²) in [6, 6.07) is 17.4. The summed E-state index contributed by atoms with van der Waals surface area (Å²) in [7, 11) is 0. The van der Waals surface area contributed by atoms with Gasteiger partial charge in [-0.3, -0.25) is 12.2 Å². The van der Waals surface area contributed by atoms with Crippen LogP contribution in [-0.4, -0.2) is 4.70 Å². The third-order valence-corrected chi connectivity index (χ3v) is 7.71. The molecule has 2 nitrogen and oxygen atoms in total. The average molecular weight is 640 g/mol. The predicted octanol–water partition coefficient (Wildman–Crippen LogP) is 13.2. The molecule has 0 aromatic heterocycles. The van der Waals surface area contributed by atoms with Crippen molar-refractivity contribution in [2.45, 2.75) is 138 Å². The van der Waals surface area contributed by atoms with Gasteiger partial charge in [0.05, 0.1) is 0 Å². The number of allylic oxidation sites excluding steroid dienone is 4. The van der Waals surface area contributed by atoms with Crippen LogP contribution < -0.4 is 0 Å². The first-order valence-electron chi connectivity index (χ1n) is 17.1. The average Bonchev–Trinajstić information content (AvgIpc) is 3.30. The summed E-state index contributed by atoms with van der Waals surface area (Å²) in [5.41, 5.74) is 21.0. The standard InChI is InChI=1S/C29H38N2.2C6H11.Ni/c1-5-8-13-23-17-19-24(20-18-23)28-26(15-9-6-2)27(16-10-7-3)29(31(28)30)25-14-11-12-22(4)21-25;2*1-3-5-6-4-2;/h11-12,14,17-21H,5-10,13,15-16H2,1-4H3;2*1,3H,4-6H2,2H3;/q;2*-1;+2. The van der Waals surface area contributed by atoms with Crippen LogP contribution in [0.15, 0.2) is 71.8 Å². The van der Waals surface area contributed by atoms with Crippen molar-refractivity contribution in [3.63, 3.8) is 0 Å². The maximum atomic E-state index is 11.5. The first kappa shape index (κ1) is 41.5. The van der Waals surface area contributed by atoms with Crippen LogP contribution in [0.2, 0.25) is 0 Å². The monoisotopic (exact) mass is 638 g/mol. The van der Waals surface area contributed by atoms with Gasteiger partial charge in [-0.15, -0.1) is 0 Å². The predicted molar refractivity (Wildman–Crippen MR) is 190 cm³/mol. The van der Waals surface area contributed by atoms with Gasteiger partial charge in [0.2, 0.25) is 11.4 Å². The van der Waals surface area contributed by atoms with Crippen molar-refractivity contribution in [2.75, 3.05) is 0 Å². The van der Waals surface area contributed by atoms with E-state index < -0.39 is 0 Å². The Morgan fingerprint density at radius 1 is 0.614 bits per heavy atom. The van der Waals surface area contributed by atoms with E-state index in [0.29, 0.717) is 0 Å². The van der Waals surface area contributed by atoms with Gasteiger partial charge in [0.25, 0.3) is 0 Å². The summed E-state index contributed by atoms with van der Waals surface area (Å²) < 4.78 is 1.49. The molecule has 0 saturated carbocycles. The molecule has 0 fully saturated rings. The SMILES string of the molecule is CCCCC1=C(c2ccc(CCCC)cc2)[N+](=[N-])C(c2cccc(C)c2)=C1CCCC.[CH-]=CCCCC.[CH-]=CCCCC.[Ni+2]. The Hall–Kier alpha value is -2.51. The second-order valence-electron chi connectivity index (χ2n) is 11.6. The molecule has 3 rings (SSSR count). The van der Waals surface area contributed by atoms with Crippen molar-refractivity contribution in [2.24, 2.45) is 0 Å². The summed E-state index contributed by atoms with van der Waals surface area (Å²) in [6.07, 6.45) is 20.7. The van der Waals surface area contributed by atoms with Crippen molar-refractivity contribution in [1.29, 1.82) is 0 Å². The molecule has 44 heavy (non-hydrogen) atoms. The van der Waals surface area contributed by atoms with Gasteiger partial charge < -0.3 is 18.7 Å². The Balaban J connectivity index is 0.00000120. The minimum Gasteiger partial charge on any atom is -0.518 e. The van der Waals surface area contributed by atoms with E-state index >= 15 is 0 Å². The molecule has 244 valence electrons. The zero-order valence-corrected chi connectivity index (χ0v) is 29.7. The minimum absolute atomic E-state index is 0. The molecular weight excluding hydrogens is 579 g/mol. The van der Waals surface area contributed by atoms with Crippen LogP contribution in [0, 0.1) is 20.1 Å². The van der Waals surface area contributed by atoms with Gasteiger partial charge in [0.1, 0.15) is 0 Å². The van der Waals surface area contributed by atoms with E-state index in [4.69, 9.17) is 13.2 Å². The van der Waals surface area contributed by atoms with Crippen molar-refractivity contribution in [3.05, 3.63) is 113 Å². The first-order chi connectivity index (χ1) is 20.9. The largest absolute Gasteiger partial charge is 2.00 e. The van der Waals surface area contributed by atoms with E-state index in [2.05, 4.69) is 90.1 Å². The van der Waals surface area contributed by atoms with Crippen LogP contribution in [-0.2, 0) is 22.9 Å². The third kappa shape index (κ3) is 14.5. The smallest absolute Gasteiger partial charge is 0.518 e. The van der Waals surface area contributed by atoms with Crippen molar-refractivity contribution in [3.8, 4) is 0 Å². The molecule has 1 aliphatic heterocycles. The Kier molecular flexibility index (Phi) is 24.3. The summed E-state index contributed by atoms with van der Waals surface area (Å²) >= 11 is 0. The van der Waals surface area contributed by atoms with E-state index in [-0.39, 0.29) is 16.5 Å². The summed E-state index contributed by atoms with van der Waals surface area (Å²) in [5, 5.41) is 0. The molecule has 0 amide bonds. The molecule has 0 atom stereocenters. The number of rotatable bonds is 17. The van der Waals surface area contributed by atoms with Crippen LogP contribution in [0.4, 0.5) is 0 Å². The van der Waals surface area contributed by atoms with E-state index in [0.717, 1.165) is 80.3 Å². The number of hydrogen-bond acceptors (Lipinski definition) is 0. The second-order valence-corrected chi connectivity index (χ2v) is 11.6. The van der Waals surface area contributed by atoms with Gasteiger partial charge in [0.15, 0.2) is 0 Å². The molecule has 2 aromatic carbocycles. The molecule has 0 bridgehead atoms. The second kappa shape index (κ2) is 25.8. The molecule has 0 aliphatic carbocycles. The molecule has 2 aromatic rings. The van der Waals surface area contributed by atoms with Gasteiger partial charge in [-0.2, -0.15) is 0 Å². The number of hydrogen-bond donors (Lipinski definition) is 0. The van der Waals surface area contributed by atoms with Crippen LogP contribution in [0.1, 0.15) is 147 Å². The van der Waals surface area contributed by atoms with E-state index in [9.17, 15) is 5.53 Å². The summed E-state index contributed by atoms with van der Waals surface area (Å²) in [5.74, 6) is 0. The van der Waals surface area contributed by atoms with Gasteiger partial charge >= 0.3 is 16.5 Å². The number of nitrogens with zero attached hydrogens (tertiary/aromatic N) is 2. The minimum atomic E-state index is 0. The van der Waals surface area contributed by atoms with Gasteiger partial charge in [-0.05, 0) is 75.3 Å². The molecule has 0 unspecified atom stereocenters. The molecule has 0 N–H and O–H groups in total. The molecule has 0 spiro atoms.